The minimum absolute atomic E-state index is 0. The third kappa shape index (κ3) is 17.8. The molecule has 0 spiro atoms. The van der Waals surface area contributed by atoms with Gasteiger partial charge in [0, 0.05) is 14.2 Å². The quantitative estimate of drug-likeness (QED) is 0.532. The van der Waals surface area contributed by atoms with Gasteiger partial charge in [0.1, 0.15) is 13.5 Å². The van der Waals surface area contributed by atoms with E-state index >= 15 is 0 Å². The first-order chi connectivity index (χ1) is 3.81. The maximum absolute atomic E-state index is 4.73. The third-order valence-electron chi connectivity index (χ3n) is 0.556. The van der Waals surface area contributed by atoms with Gasteiger partial charge >= 0.3 is 0 Å². The molecule has 0 heterocycles. The summed E-state index contributed by atoms with van der Waals surface area (Å²) in [5.74, 6) is 0. The Morgan fingerprint density at radius 1 is 1.00 bits per heavy atom. The Morgan fingerprint density at radius 3 is 1.45 bits per heavy atom. The molecule has 0 amide bonds. The van der Waals surface area contributed by atoms with E-state index in [4.69, 9.17) is 9.47 Å². The van der Waals surface area contributed by atoms with Gasteiger partial charge in [-0.05, 0) is 0 Å². The van der Waals surface area contributed by atoms with Crippen LogP contribution < -0.4 is 0 Å². The molecule has 0 fully saturated rings. The SMILES string of the molecule is COCN(S)COC.F.F.F. The highest BCUT2D eigenvalue weighted by Gasteiger charge is 1.92. The molecule has 0 aliphatic rings. The van der Waals surface area contributed by atoms with Crippen LogP contribution in [-0.2, 0) is 9.47 Å². The average molecular weight is 197 g/mol. The second kappa shape index (κ2) is 16.5. The molecule has 3 nitrogen and oxygen atoms in total. The molecular formula is C4H14F3NO2S. The number of hydrogen-bond acceptors (Lipinski definition) is 4. The maximum atomic E-state index is 4.73. The van der Waals surface area contributed by atoms with Crippen LogP contribution in [0.1, 0.15) is 0 Å². The second-order valence-corrected chi connectivity index (χ2v) is 1.91. The monoisotopic (exact) mass is 197 g/mol. The molecule has 11 heavy (non-hydrogen) atoms. The van der Waals surface area contributed by atoms with E-state index in [0.717, 1.165) is 0 Å². The van der Waals surface area contributed by atoms with Gasteiger partial charge in [0.05, 0.1) is 0 Å². The van der Waals surface area contributed by atoms with Crippen molar-refractivity contribution >= 4 is 12.8 Å². The summed E-state index contributed by atoms with van der Waals surface area (Å²) >= 11 is 3.97. The molecule has 0 saturated carbocycles. The Labute approximate surface area is 69.3 Å². The molecule has 0 saturated heterocycles. The Kier molecular flexibility index (Phi) is 33.8. The number of rotatable bonds is 4. The van der Waals surface area contributed by atoms with Crippen molar-refractivity contribution in [1.82, 2.24) is 4.31 Å². The lowest BCUT2D eigenvalue weighted by Gasteiger charge is -2.10. The zero-order chi connectivity index (χ0) is 6.41. The standard InChI is InChI=1S/C4H11NO2S.3FH/c1-6-3-5(8)4-7-2;;;/h8H,3-4H2,1-2H3;3*1H. The molecule has 0 aromatic rings. The van der Waals surface area contributed by atoms with Crippen LogP contribution in [-0.4, -0.2) is 32.0 Å². The van der Waals surface area contributed by atoms with E-state index in [-0.39, 0.29) is 14.1 Å². The van der Waals surface area contributed by atoms with Gasteiger partial charge in [0.25, 0.3) is 0 Å². The van der Waals surface area contributed by atoms with E-state index in [2.05, 4.69) is 12.8 Å². The lowest BCUT2D eigenvalue weighted by atomic mass is 11.1. The van der Waals surface area contributed by atoms with E-state index in [1.165, 1.54) is 0 Å². The molecule has 74 valence electrons. The Morgan fingerprint density at radius 2 is 1.27 bits per heavy atom. The smallest absolute Gasteiger partial charge is 0.110 e. The van der Waals surface area contributed by atoms with Crippen LogP contribution >= 0.6 is 12.8 Å². The van der Waals surface area contributed by atoms with Gasteiger partial charge in [0.15, 0.2) is 0 Å². The maximum Gasteiger partial charge on any atom is 0.110 e. The van der Waals surface area contributed by atoms with Crippen LogP contribution in [0.15, 0.2) is 0 Å². The molecule has 7 heteroatoms. The second-order valence-electron chi connectivity index (χ2n) is 1.34. The first-order valence-corrected chi connectivity index (χ1v) is 2.63. The summed E-state index contributed by atoms with van der Waals surface area (Å²) < 4.78 is 11.1. The molecule has 0 unspecified atom stereocenters. The molecule has 0 atom stereocenters. The van der Waals surface area contributed by atoms with Gasteiger partial charge in [0.2, 0.25) is 0 Å². The van der Waals surface area contributed by atoms with Crippen LogP contribution in [0.2, 0.25) is 0 Å². The number of ether oxygens (including phenoxy) is 2. The predicted octanol–water partition coefficient (Wildman–Crippen LogP) is 0.798. The van der Waals surface area contributed by atoms with Crippen molar-refractivity contribution in [3.63, 3.8) is 0 Å². The van der Waals surface area contributed by atoms with Gasteiger partial charge in [-0.2, -0.15) is 0 Å². The molecule has 0 aromatic carbocycles. The fourth-order valence-electron chi connectivity index (χ4n) is 0.335. The zero-order valence-electron chi connectivity index (χ0n) is 6.35. The first kappa shape index (κ1) is 22.5. The van der Waals surface area contributed by atoms with Crippen molar-refractivity contribution in [2.24, 2.45) is 0 Å². The fourth-order valence-corrected chi connectivity index (χ4v) is 0.566. The summed E-state index contributed by atoms with van der Waals surface area (Å²) in [4.78, 5) is 0. The topological polar surface area (TPSA) is 21.7 Å². The van der Waals surface area contributed by atoms with E-state index in [1.54, 1.807) is 18.5 Å². The molecule has 0 aliphatic heterocycles. The highest BCUT2D eigenvalue weighted by atomic mass is 32.1. The summed E-state index contributed by atoms with van der Waals surface area (Å²) in [5.41, 5.74) is 0. The van der Waals surface area contributed by atoms with Crippen molar-refractivity contribution in [2.75, 3.05) is 27.7 Å². The third-order valence-corrected chi connectivity index (χ3v) is 0.787. The van der Waals surface area contributed by atoms with E-state index in [9.17, 15) is 0 Å². The lowest BCUT2D eigenvalue weighted by Crippen LogP contribution is -2.17. The molecule has 0 aliphatic carbocycles. The molecule has 0 N–H and O–H groups in total. The molecule has 0 bridgehead atoms. The molecule has 0 radical (unpaired) electrons. The van der Waals surface area contributed by atoms with Crippen molar-refractivity contribution in [3.8, 4) is 0 Å². The molecule has 0 aromatic heterocycles. The summed E-state index contributed by atoms with van der Waals surface area (Å²) in [5, 5.41) is 0. The van der Waals surface area contributed by atoms with Crippen molar-refractivity contribution in [1.29, 1.82) is 0 Å². The summed E-state index contributed by atoms with van der Waals surface area (Å²) in [6, 6.07) is 0. The minimum Gasteiger partial charge on any atom is -0.368 e. The summed E-state index contributed by atoms with van der Waals surface area (Å²) in [7, 11) is 3.22. The number of thiol groups is 1. The molecular weight excluding hydrogens is 183 g/mol. The van der Waals surface area contributed by atoms with E-state index in [0.29, 0.717) is 13.5 Å². The van der Waals surface area contributed by atoms with Crippen LogP contribution in [0.3, 0.4) is 0 Å². The normalized spacial score (nSPS) is 7.64. The van der Waals surface area contributed by atoms with Gasteiger partial charge < -0.3 is 9.47 Å². The van der Waals surface area contributed by atoms with E-state index in [1.807, 2.05) is 0 Å². The van der Waals surface area contributed by atoms with Crippen LogP contribution in [0.25, 0.3) is 0 Å². The summed E-state index contributed by atoms with van der Waals surface area (Å²) in [6.07, 6.45) is 0. The molecule has 0 rings (SSSR count). The van der Waals surface area contributed by atoms with Crippen LogP contribution in [0.5, 0.6) is 0 Å². The van der Waals surface area contributed by atoms with Gasteiger partial charge in [-0.3, -0.25) is 14.1 Å². The summed E-state index contributed by atoms with van der Waals surface area (Å²) in [6.45, 7) is 0.966. The first-order valence-electron chi connectivity index (χ1n) is 2.23. The average Bonchev–Trinajstić information content (AvgIpc) is 1.68. The number of nitrogens with zero attached hydrogens (tertiary/aromatic N) is 1. The highest BCUT2D eigenvalue weighted by Crippen LogP contribution is 1.90. The Hall–Kier alpha value is 0.0200. The van der Waals surface area contributed by atoms with Crippen molar-refractivity contribution < 1.29 is 23.6 Å². The van der Waals surface area contributed by atoms with Crippen molar-refractivity contribution in [3.05, 3.63) is 0 Å². The predicted molar refractivity (Wildman–Crippen MR) is 42.1 cm³/mol. The number of halogens is 3. The van der Waals surface area contributed by atoms with Crippen LogP contribution in [0, 0.1) is 0 Å². The minimum atomic E-state index is 0. The Bertz CT molecular complexity index is 56.6. The lowest BCUT2D eigenvalue weighted by molar-refractivity contribution is 0.0489. The largest absolute Gasteiger partial charge is 0.368 e. The van der Waals surface area contributed by atoms with Gasteiger partial charge in [-0.25, -0.2) is 4.31 Å². The van der Waals surface area contributed by atoms with Gasteiger partial charge in [-0.1, -0.05) is 12.8 Å². The Balaban J connectivity index is -0.0000000817. The zero-order valence-corrected chi connectivity index (χ0v) is 7.24. The van der Waals surface area contributed by atoms with Gasteiger partial charge in [-0.15, -0.1) is 0 Å². The fraction of sp³-hybridized carbons (Fsp3) is 1.00. The van der Waals surface area contributed by atoms with E-state index < -0.39 is 0 Å². The number of hydrogen-bond donors (Lipinski definition) is 1. The highest BCUT2D eigenvalue weighted by molar-refractivity contribution is 7.77. The van der Waals surface area contributed by atoms with Crippen LogP contribution in [0.4, 0.5) is 14.1 Å². The van der Waals surface area contributed by atoms with Crippen molar-refractivity contribution in [2.45, 2.75) is 0 Å². The number of methoxy groups -OCH3 is 2.